The van der Waals surface area contributed by atoms with Crippen LogP contribution < -0.4 is 10.1 Å². The normalized spacial score (nSPS) is 10.2. The van der Waals surface area contributed by atoms with Gasteiger partial charge < -0.3 is 10.1 Å². The van der Waals surface area contributed by atoms with Gasteiger partial charge in [0.2, 0.25) is 0 Å². The molecule has 2 aromatic carbocycles. The average Bonchev–Trinajstić information content (AvgIpc) is 2.43. The van der Waals surface area contributed by atoms with Crippen LogP contribution in [0, 0.1) is 6.92 Å². The summed E-state index contributed by atoms with van der Waals surface area (Å²) in [6.07, 6.45) is 0. The van der Waals surface area contributed by atoms with Gasteiger partial charge >= 0.3 is 0 Å². The maximum atomic E-state index is 12.3. The average molecular weight is 308 g/mol. The van der Waals surface area contributed by atoms with Gasteiger partial charge in [-0.3, -0.25) is 4.79 Å². The van der Waals surface area contributed by atoms with E-state index in [0.717, 1.165) is 10.5 Å². The van der Waals surface area contributed by atoms with E-state index in [1.54, 1.807) is 31.4 Å². The van der Waals surface area contributed by atoms with E-state index in [1.807, 2.05) is 19.1 Å². The van der Waals surface area contributed by atoms with Gasteiger partial charge in [-0.1, -0.05) is 17.7 Å². The summed E-state index contributed by atoms with van der Waals surface area (Å²) < 4.78 is 5.12. The van der Waals surface area contributed by atoms with E-state index in [0.29, 0.717) is 22.0 Å². The standard InChI is InChI=1S/C15H14ClNO2S/c1-9-3-5-11(20)8-12(9)15(18)17-14-7-10(19-2)4-6-13(14)16/h3-8,20H,1-2H3,(H,17,18). The molecule has 0 aliphatic rings. The first-order chi connectivity index (χ1) is 9.51. The van der Waals surface area contributed by atoms with Crippen LogP contribution in [0.15, 0.2) is 41.3 Å². The fraction of sp³-hybridized carbons (Fsp3) is 0.133. The number of methoxy groups -OCH3 is 1. The van der Waals surface area contributed by atoms with Crippen molar-refractivity contribution in [1.82, 2.24) is 0 Å². The molecule has 0 bridgehead atoms. The number of anilines is 1. The lowest BCUT2D eigenvalue weighted by Gasteiger charge is -2.11. The highest BCUT2D eigenvalue weighted by molar-refractivity contribution is 7.80. The number of amides is 1. The van der Waals surface area contributed by atoms with Crippen molar-refractivity contribution in [2.45, 2.75) is 11.8 Å². The van der Waals surface area contributed by atoms with Crippen molar-refractivity contribution in [2.24, 2.45) is 0 Å². The van der Waals surface area contributed by atoms with Crippen LogP contribution in [0.1, 0.15) is 15.9 Å². The zero-order valence-corrected chi connectivity index (χ0v) is 12.8. The number of hydrogen-bond donors (Lipinski definition) is 2. The molecule has 0 saturated carbocycles. The van der Waals surface area contributed by atoms with Crippen molar-refractivity contribution >= 4 is 35.8 Å². The number of carbonyl (C=O) groups excluding carboxylic acids is 1. The van der Waals surface area contributed by atoms with Crippen LogP contribution in [-0.2, 0) is 0 Å². The third-order valence-corrected chi connectivity index (χ3v) is 3.50. The molecule has 0 aliphatic heterocycles. The molecule has 0 heterocycles. The molecule has 0 saturated heterocycles. The topological polar surface area (TPSA) is 38.3 Å². The van der Waals surface area contributed by atoms with Gasteiger partial charge in [-0.05, 0) is 36.8 Å². The Balaban J connectivity index is 2.30. The van der Waals surface area contributed by atoms with Gasteiger partial charge in [0.25, 0.3) is 5.91 Å². The lowest BCUT2D eigenvalue weighted by atomic mass is 10.1. The van der Waals surface area contributed by atoms with Gasteiger partial charge in [-0.2, -0.15) is 0 Å². The highest BCUT2D eigenvalue weighted by atomic mass is 35.5. The Morgan fingerprint density at radius 1 is 1.25 bits per heavy atom. The van der Waals surface area contributed by atoms with E-state index in [9.17, 15) is 4.79 Å². The molecule has 3 nitrogen and oxygen atoms in total. The maximum absolute atomic E-state index is 12.3. The Labute approximate surface area is 128 Å². The van der Waals surface area contributed by atoms with Crippen LogP contribution in [0.2, 0.25) is 5.02 Å². The molecule has 2 aromatic rings. The highest BCUT2D eigenvalue weighted by Gasteiger charge is 2.12. The summed E-state index contributed by atoms with van der Waals surface area (Å²) in [6, 6.07) is 10.5. The fourth-order valence-corrected chi connectivity index (χ4v) is 2.14. The molecular formula is C15H14ClNO2S. The number of halogens is 1. The minimum atomic E-state index is -0.228. The zero-order valence-electron chi connectivity index (χ0n) is 11.1. The smallest absolute Gasteiger partial charge is 0.256 e. The van der Waals surface area contributed by atoms with Crippen LogP contribution in [-0.4, -0.2) is 13.0 Å². The zero-order chi connectivity index (χ0) is 14.7. The Morgan fingerprint density at radius 2 is 2.00 bits per heavy atom. The van der Waals surface area contributed by atoms with Crippen LogP contribution in [0.4, 0.5) is 5.69 Å². The molecule has 0 fully saturated rings. The Kier molecular flexibility index (Phi) is 4.57. The number of benzene rings is 2. The summed E-state index contributed by atoms with van der Waals surface area (Å²) in [7, 11) is 1.56. The third-order valence-electron chi connectivity index (χ3n) is 2.89. The Hall–Kier alpha value is -1.65. The summed E-state index contributed by atoms with van der Waals surface area (Å²) in [5.41, 5.74) is 1.95. The van der Waals surface area contributed by atoms with E-state index < -0.39 is 0 Å². The number of hydrogen-bond acceptors (Lipinski definition) is 3. The Bertz CT molecular complexity index is 658. The van der Waals surface area contributed by atoms with Gasteiger partial charge in [-0.25, -0.2) is 0 Å². The molecule has 104 valence electrons. The second-order valence-electron chi connectivity index (χ2n) is 4.30. The van der Waals surface area contributed by atoms with Gasteiger partial charge in [-0.15, -0.1) is 12.6 Å². The van der Waals surface area contributed by atoms with Gasteiger partial charge in [0.15, 0.2) is 0 Å². The first kappa shape index (κ1) is 14.8. The number of carbonyl (C=O) groups is 1. The second kappa shape index (κ2) is 6.20. The number of aryl methyl sites for hydroxylation is 1. The molecule has 20 heavy (non-hydrogen) atoms. The third kappa shape index (κ3) is 3.26. The molecule has 5 heteroatoms. The largest absolute Gasteiger partial charge is 0.497 e. The number of thiol groups is 1. The van der Waals surface area contributed by atoms with E-state index >= 15 is 0 Å². The minimum absolute atomic E-state index is 0.228. The summed E-state index contributed by atoms with van der Waals surface area (Å²) in [5.74, 6) is 0.401. The number of ether oxygens (including phenoxy) is 1. The summed E-state index contributed by atoms with van der Waals surface area (Å²) in [6.45, 7) is 1.87. The molecular weight excluding hydrogens is 294 g/mol. The number of rotatable bonds is 3. The van der Waals surface area contributed by atoms with Gasteiger partial charge in [0, 0.05) is 16.5 Å². The first-order valence-electron chi connectivity index (χ1n) is 5.96. The summed E-state index contributed by atoms with van der Waals surface area (Å²) >= 11 is 10.3. The van der Waals surface area contributed by atoms with Gasteiger partial charge in [0.05, 0.1) is 17.8 Å². The molecule has 0 atom stereocenters. The highest BCUT2D eigenvalue weighted by Crippen LogP contribution is 2.27. The van der Waals surface area contributed by atoms with Crippen LogP contribution >= 0.6 is 24.2 Å². The lowest BCUT2D eigenvalue weighted by Crippen LogP contribution is -2.13. The molecule has 0 aromatic heterocycles. The SMILES string of the molecule is COc1ccc(Cl)c(NC(=O)c2cc(S)ccc2C)c1. The summed E-state index contributed by atoms with van der Waals surface area (Å²) in [4.78, 5) is 13.0. The van der Waals surface area contributed by atoms with Crippen molar-refractivity contribution in [3.05, 3.63) is 52.5 Å². The van der Waals surface area contributed by atoms with E-state index in [-0.39, 0.29) is 5.91 Å². The summed E-state index contributed by atoms with van der Waals surface area (Å²) in [5, 5.41) is 3.24. The van der Waals surface area contributed by atoms with Gasteiger partial charge in [0.1, 0.15) is 5.75 Å². The monoisotopic (exact) mass is 307 g/mol. The van der Waals surface area contributed by atoms with Crippen molar-refractivity contribution in [1.29, 1.82) is 0 Å². The van der Waals surface area contributed by atoms with E-state index in [1.165, 1.54) is 0 Å². The first-order valence-corrected chi connectivity index (χ1v) is 6.78. The molecule has 1 amide bonds. The van der Waals surface area contributed by atoms with E-state index in [2.05, 4.69) is 17.9 Å². The van der Waals surface area contributed by atoms with Crippen LogP contribution in [0.5, 0.6) is 5.75 Å². The van der Waals surface area contributed by atoms with Crippen molar-refractivity contribution in [2.75, 3.05) is 12.4 Å². The van der Waals surface area contributed by atoms with Crippen molar-refractivity contribution < 1.29 is 9.53 Å². The van der Waals surface area contributed by atoms with Crippen molar-refractivity contribution in [3.8, 4) is 5.75 Å². The molecule has 0 unspecified atom stereocenters. The molecule has 0 spiro atoms. The fourth-order valence-electron chi connectivity index (χ4n) is 1.77. The second-order valence-corrected chi connectivity index (χ2v) is 5.22. The lowest BCUT2D eigenvalue weighted by molar-refractivity contribution is 0.102. The minimum Gasteiger partial charge on any atom is -0.497 e. The van der Waals surface area contributed by atoms with E-state index in [4.69, 9.17) is 16.3 Å². The molecule has 2 rings (SSSR count). The predicted molar refractivity (Wildman–Crippen MR) is 84.4 cm³/mol. The van der Waals surface area contributed by atoms with Crippen LogP contribution in [0.3, 0.4) is 0 Å². The number of nitrogens with one attached hydrogen (secondary N) is 1. The van der Waals surface area contributed by atoms with Crippen LogP contribution in [0.25, 0.3) is 0 Å². The maximum Gasteiger partial charge on any atom is 0.256 e. The van der Waals surface area contributed by atoms with Crippen molar-refractivity contribution in [3.63, 3.8) is 0 Å². The molecule has 0 radical (unpaired) electrons. The Morgan fingerprint density at radius 3 is 2.70 bits per heavy atom. The molecule has 0 aliphatic carbocycles. The predicted octanol–water partition coefficient (Wildman–Crippen LogP) is 4.20. The quantitative estimate of drug-likeness (QED) is 0.834. The molecule has 1 N–H and O–H groups in total.